The van der Waals surface area contributed by atoms with E-state index in [4.69, 9.17) is 10.00 Å². The molecule has 7 nitrogen and oxygen atoms in total. The van der Waals surface area contributed by atoms with E-state index < -0.39 is 15.9 Å². The zero-order valence-corrected chi connectivity index (χ0v) is 16.2. The summed E-state index contributed by atoms with van der Waals surface area (Å²) in [6, 6.07) is 14.8. The van der Waals surface area contributed by atoms with E-state index in [-0.39, 0.29) is 12.6 Å². The molecule has 1 amide bonds. The molecule has 1 N–H and O–H groups in total. The Morgan fingerprint density at radius 1 is 1.15 bits per heavy atom. The number of benzene rings is 2. The highest BCUT2D eigenvalue weighted by Crippen LogP contribution is 2.20. The minimum Gasteiger partial charge on any atom is -0.491 e. The van der Waals surface area contributed by atoms with Crippen molar-refractivity contribution in [3.05, 3.63) is 54.1 Å². The Morgan fingerprint density at radius 3 is 2.22 bits per heavy atom. The van der Waals surface area contributed by atoms with Gasteiger partial charge in [0.1, 0.15) is 12.3 Å². The standard InChI is InChI=1S/C19H21N3O4S/c1-14(2)26-18-10-6-16(7-11-18)21-19(23)13-22(27(3,24)25)17-8-4-15(12-20)5-9-17/h4-11,14H,13H2,1-3H3,(H,21,23). The van der Waals surface area contributed by atoms with Crippen molar-refractivity contribution in [2.24, 2.45) is 0 Å². The van der Waals surface area contributed by atoms with Crippen molar-refractivity contribution >= 4 is 27.3 Å². The third-order valence-electron chi connectivity index (χ3n) is 3.48. The average molecular weight is 387 g/mol. The van der Waals surface area contributed by atoms with E-state index in [0.717, 1.165) is 10.6 Å². The van der Waals surface area contributed by atoms with Gasteiger partial charge in [-0.2, -0.15) is 5.26 Å². The zero-order chi connectivity index (χ0) is 20.0. The molecular formula is C19H21N3O4S. The second kappa shape index (κ2) is 8.56. The summed E-state index contributed by atoms with van der Waals surface area (Å²) < 4.78 is 30.7. The maximum absolute atomic E-state index is 12.3. The Kier molecular flexibility index (Phi) is 6.42. The molecular weight excluding hydrogens is 366 g/mol. The van der Waals surface area contributed by atoms with Gasteiger partial charge in [0, 0.05) is 5.69 Å². The van der Waals surface area contributed by atoms with Crippen molar-refractivity contribution in [3.8, 4) is 11.8 Å². The third kappa shape index (κ3) is 6.01. The molecule has 0 unspecified atom stereocenters. The first-order valence-corrected chi connectivity index (χ1v) is 10.1. The number of hydrogen-bond acceptors (Lipinski definition) is 5. The number of nitrogens with one attached hydrogen (secondary N) is 1. The quantitative estimate of drug-likeness (QED) is 0.787. The van der Waals surface area contributed by atoms with Gasteiger partial charge in [0.15, 0.2) is 0 Å². The van der Waals surface area contributed by atoms with E-state index >= 15 is 0 Å². The summed E-state index contributed by atoms with van der Waals surface area (Å²) in [5.41, 5.74) is 1.25. The predicted molar refractivity (Wildman–Crippen MR) is 104 cm³/mol. The molecule has 0 fully saturated rings. The van der Waals surface area contributed by atoms with Gasteiger partial charge in [0.2, 0.25) is 15.9 Å². The number of anilines is 2. The van der Waals surface area contributed by atoms with Crippen molar-refractivity contribution in [1.82, 2.24) is 0 Å². The van der Waals surface area contributed by atoms with Crippen molar-refractivity contribution in [3.63, 3.8) is 0 Å². The normalized spacial score (nSPS) is 10.9. The minimum absolute atomic E-state index is 0.0428. The van der Waals surface area contributed by atoms with Crippen LogP contribution in [0.5, 0.6) is 5.75 Å². The lowest BCUT2D eigenvalue weighted by Gasteiger charge is -2.22. The lowest BCUT2D eigenvalue weighted by Crippen LogP contribution is -2.37. The summed E-state index contributed by atoms with van der Waals surface area (Å²) in [5.74, 6) is 0.195. The molecule has 2 aromatic carbocycles. The molecule has 2 aromatic rings. The number of ether oxygens (including phenoxy) is 1. The Morgan fingerprint density at radius 2 is 1.74 bits per heavy atom. The third-order valence-corrected chi connectivity index (χ3v) is 4.62. The summed E-state index contributed by atoms with van der Waals surface area (Å²) in [4.78, 5) is 12.3. The fraction of sp³-hybridized carbons (Fsp3) is 0.263. The highest BCUT2D eigenvalue weighted by atomic mass is 32.2. The smallest absolute Gasteiger partial charge is 0.245 e. The number of nitriles is 1. The fourth-order valence-corrected chi connectivity index (χ4v) is 3.18. The molecule has 142 valence electrons. The number of nitrogens with zero attached hydrogens (tertiary/aromatic N) is 2. The molecule has 0 saturated heterocycles. The van der Waals surface area contributed by atoms with Crippen molar-refractivity contribution in [1.29, 1.82) is 5.26 Å². The predicted octanol–water partition coefficient (Wildman–Crippen LogP) is 2.75. The molecule has 0 spiro atoms. The summed E-state index contributed by atoms with van der Waals surface area (Å²) in [7, 11) is -3.68. The molecule has 8 heteroatoms. The minimum atomic E-state index is -3.68. The van der Waals surface area contributed by atoms with Crippen LogP contribution in [0.2, 0.25) is 0 Å². The first-order valence-electron chi connectivity index (χ1n) is 8.23. The number of amides is 1. The summed E-state index contributed by atoms with van der Waals surface area (Å²) >= 11 is 0. The van der Waals surface area contributed by atoms with Crippen LogP contribution in [0, 0.1) is 11.3 Å². The van der Waals surface area contributed by atoms with Crippen molar-refractivity contribution in [2.45, 2.75) is 20.0 Å². The van der Waals surface area contributed by atoms with Gasteiger partial charge < -0.3 is 10.1 Å². The molecule has 2 rings (SSSR count). The summed E-state index contributed by atoms with van der Waals surface area (Å²) in [6.45, 7) is 3.45. The Hall–Kier alpha value is -3.05. The van der Waals surface area contributed by atoms with Gasteiger partial charge in [-0.05, 0) is 62.4 Å². The van der Waals surface area contributed by atoms with Crippen LogP contribution < -0.4 is 14.4 Å². The number of carbonyl (C=O) groups is 1. The Balaban J connectivity index is 2.11. The molecule has 27 heavy (non-hydrogen) atoms. The van der Waals surface area contributed by atoms with Gasteiger partial charge in [0.05, 0.1) is 29.7 Å². The van der Waals surface area contributed by atoms with Crippen LogP contribution in [-0.4, -0.2) is 33.2 Å². The molecule has 0 bridgehead atoms. The molecule has 0 aliphatic heterocycles. The van der Waals surface area contributed by atoms with Crippen LogP contribution >= 0.6 is 0 Å². The van der Waals surface area contributed by atoms with Crippen LogP contribution in [0.4, 0.5) is 11.4 Å². The highest BCUT2D eigenvalue weighted by Gasteiger charge is 2.21. The van der Waals surface area contributed by atoms with Gasteiger partial charge in [-0.1, -0.05) is 0 Å². The van der Waals surface area contributed by atoms with Crippen LogP contribution in [-0.2, 0) is 14.8 Å². The van der Waals surface area contributed by atoms with E-state index in [2.05, 4.69) is 5.32 Å². The number of rotatable bonds is 7. The molecule has 0 heterocycles. The molecule has 0 aliphatic carbocycles. The number of hydrogen-bond donors (Lipinski definition) is 1. The lowest BCUT2D eigenvalue weighted by molar-refractivity contribution is -0.114. The summed E-state index contributed by atoms with van der Waals surface area (Å²) in [5, 5.41) is 11.5. The van der Waals surface area contributed by atoms with Crippen LogP contribution in [0.3, 0.4) is 0 Å². The monoisotopic (exact) mass is 387 g/mol. The van der Waals surface area contributed by atoms with Gasteiger partial charge in [-0.15, -0.1) is 0 Å². The topological polar surface area (TPSA) is 99.5 Å². The first-order chi connectivity index (χ1) is 12.7. The van der Waals surface area contributed by atoms with E-state index in [1.54, 1.807) is 24.3 Å². The average Bonchev–Trinajstić information content (AvgIpc) is 2.60. The van der Waals surface area contributed by atoms with Gasteiger partial charge in [0.25, 0.3) is 0 Å². The molecule has 0 atom stereocenters. The fourth-order valence-electron chi connectivity index (χ4n) is 2.32. The molecule has 0 radical (unpaired) electrons. The van der Waals surface area contributed by atoms with Gasteiger partial charge >= 0.3 is 0 Å². The number of sulfonamides is 1. The highest BCUT2D eigenvalue weighted by molar-refractivity contribution is 7.92. The Labute approximate surface area is 159 Å². The van der Waals surface area contributed by atoms with Crippen LogP contribution in [0.25, 0.3) is 0 Å². The molecule has 0 saturated carbocycles. The maximum atomic E-state index is 12.3. The largest absolute Gasteiger partial charge is 0.491 e. The van der Waals surface area contributed by atoms with Crippen LogP contribution in [0.15, 0.2) is 48.5 Å². The van der Waals surface area contributed by atoms with E-state index in [1.807, 2.05) is 19.9 Å². The second-order valence-electron chi connectivity index (χ2n) is 6.17. The van der Waals surface area contributed by atoms with Gasteiger partial charge in [-0.3, -0.25) is 9.10 Å². The zero-order valence-electron chi connectivity index (χ0n) is 15.3. The SMILES string of the molecule is CC(C)Oc1ccc(NC(=O)CN(c2ccc(C#N)cc2)S(C)(=O)=O)cc1. The number of carbonyl (C=O) groups excluding carboxylic acids is 1. The van der Waals surface area contributed by atoms with Gasteiger partial charge in [-0.25, -0.2) is 8.42 Å². The molecule has 0 aliphatic rings. The van der Waals surface area contributed by atoms with Crippen molar-refractivity contribution in [2.75, 3.05) is 22.4 Å². The van der Waals surface area contributed by atoms with E-state index in [1.165, 1.54) is 24.3 Å². The second-order valence-corrected chi connectivity index (χ2v) is 8.07. The maximum Gasteiger partial charge on any atom is 0.245 e. The summed E-state index contributed by atoms with van der Waals surface area (Å²) in [6.07, 6.45) is 1.07. The molecule has 0 aromatic heterocycles. The van der Waals surface area contributed by atoms with Crippen molar-refractivity contribution < 1.29 is 17.9 Å². The van der Waals surface area contributed by atoms with E-state index in [0.29, 0.717) is 22.7 Å². The van der Waals surface area contributed by atoms with E-state index in [9.17, 15) is 13.2 Å². The van der Waals surface area contributed by atoms with Crippen LogP contribution in [0.1, 0.15) is 19.4 Å². The lowest BCUT2D eigenvalue weighted by atomic mass is 10.2. The Bertz CT molecular complexity index is 930. The first kappa shape index (κ1) is 20.3.